The van der Waals surface area contributed by atoms with Crippen LogP contribution in [0.2, 0.25) is 0 Å². The Kier molecular flexibility index (Phi) is 6.22. The van der Waals surface area contributed by atoms with Crippen LogP contribution in [0.15, 0.2) is 152 Å². The molecule has 51 heavy (non-hydrogen) atoms. The van der Waals surface area contributed by atoms with E-state index in [0.29, 0.717) is 0 Å². The fourth-order valence-electron chi connectivity index (χ4n) is 9.10. The van der Waals surface area contributed by atoms with E-state index in [1.807, 2.05) is 0 Å². The van der Waals surface area contributed by atoms with E-state index in [-0.39, 0.29) is 10.8 Å². The summed E-state index contributed by atoms with van der Waals surface area (Å²) in [7, 11) is 0. The normalized spacial score (nSPS) is 15.0. The molecule has 0 fully saturated rings. The fourth-order valence-corrected chi connectivity index (χ4v) is 9.10. The highest BCUT2D eigenvalue weighted by Gasteiger charge is 2.38. The summed E-state index contributed by atoms with van der Waals surface area (Å²) in [5.41, 5.74) is 19.0. The number of hydrogen-bond donors (Lipinski definition) is 0. The molecule has 0 saturated heterocycles. The van der Waals surface area contributed by atoms with E-state index in [2.05, 4.69) is 196 Å². The summed E-state index contributed by atoms with van der Waals surface area (Å²) < 4.78 is 2.47. The summed E-state index contributed by atoms with van der Waals surface area (Å²) in [6.07, 6.45) is 0. The molecule has 7 aromatic carbocycles. The van der Waals surface area contributed by atoms with Gasteiger partial charge < -0.3 is 9.47 Å². The molecule has 2 heterocycles. The van der Waals surface area contributed by atoms with Crippen LogP contribution in [0.3, 0.4) is 0 Å². The first-order valence-electron chi connectivity index (χ1n) is 18.1. The molecule has 2 nitrogen and oxygen atoms in total. The van der Waals surface area contributed by atoms with Gasteiger partial charge in [-0.3, -0.25) is 0 Å². The molecule has 10 rings (SSSR count). The van der Waals surface area contributed by atoms with Crippen LogP contribution < -0.4 is 4.90 Å². The second-order valence-corrected chi connectivity index (χ2v) is 15.5. The Balaban J connectivity index is 1.23. The molecule has 0 atom stereocenters. The Bertz CT molecular complexity index is 2640. The van der Waals surface area contributed by atoms with Gasteiger partial charge >= 0.3 is 0 Å². The molecule has 0 radical (unpaired) electrons. The molecule has 0 N–H and O–H groups in total. The van der Waals surface area contributed by atoms with E-state index in [0.717, 1.165) is 0 Å². The molecule has 8 aromatic rings. The maximum Gasteiger partial charge on any atom is 0.0547 e. The smallest absolute Gasteiger partial charge is 0.0547 e. The van der Waals surface area contributed by atoms with Gasteiger partial charge in [-0.25, -0.2) is 0 Å². The van der Waals surface area contributed by atoms with Gasteiger partial charge in [0.2, 0.25) is 0 Å². The van der Waals surface area contributed by atoms with Gasteiger partial charge in [-0.1, -0.05) is 124 Å². The minimum absolute atomic E-state index is 0.100. The van der Waals surface area contributed by atoms with Crippen LogP contribution in [0.1, 0.15) is 55.5 Å². The maximum atomic E-state index is 2.50. The average Bonchev–Trinajstić information content (AvgIpc) is 3.58. The van der Waals surface area contributed by atoms with E-state index in [4.69, 9.17) is 0 Å². The summed E-state index contributed by atoms with van der Waals surface area (Å²) in [4.78, 5) is 2.47. The summed E-state index contributed by atoms with van der Waals surface area (Å²) >= 11 is 0. The molecule has 0 amide bonds. The topological polar surface area (TPSA) is 8.17 Å². The molecular formula is C49H40N2. The van der Waals surface area contributed by atoms with Gasteiger partial charge in [0.1, 0.15) is 0 Å². The highest BCUT2D eigenvalue weighted by Crippen LogP contribution is 2.54. The zero-order valence-corrected chi connectivity index (χ0v) is 29.8. The number of aryl methyl sites for hydroxylation is 1. The monoisotopic (exact) mass is 656 g/mol. The lowest BCUT2D eigenvalue weighted by Crippen LogP contribution is -2.30. The Morgan fingerprint density at radius 3 is 1.71 bits per heavy atom. The first-order chi connectivity index (χ1) is 24.7. The summed E-state index contributed by atoms with van der Waals surface area (Å²) in [6, 6.07) is 56.7. The number of benzene rings is 7. The van der Waals surface area contributed by atoms with Crippen LogP contribution in [-0.4, -0.2) is 4.57 Å². The van der Waals surface area contributed by atoms with Crippen molar-refractivity contribution >= 4 is 38.9 Å². The molecule has 1 aliphatic carbocycles. The molecule has 0 unspecified atom stereocenters. The summed E-state index contributed by atoms with van der Waals surface area (Å²) in [5.74, 6) is 0. The van der Waals surface area contributed by atoms with Gasteiger partial charge in [0, 0.05) is 33.0 Å². The lowest BCUT2D eigenvalue weighted by atomic mass is 9.73. The van der Waals surface area contributed by atoms with Crippen molar-refractivity contribution in [2.24, 2.45) is 0 Å². The third-order valence-corrected chi connectivity index (χ3v) is 11.8. The number of anilines is 3. The van der Waals surface area contributed by atoms with Crippen LogP contribution in [0.5, 0.6) is 0 Å². The lowest BCUT2D eigenvalue weighted by molar-refractivity contribution is 0.632. The van der Waals surface area contributed by atoms with Crippen molar-refractivity contribution in [3.63, 3.8) is 0 Å². The minimum Gasteiger partial charge on any atom is -0.310 e. The highest BCUT2D eigenvalue weighted by atomic mass is 15.2. The first-order valence-corrected chi connectivity index (χ1v) is 18.1. The number of aromatic nitrogens is 1. The number of nitrogens with zero attached hydrogens (tertiary/aromatic N) is 2. The minimum atomic E-state index is -0.143. The Morgan fingerprint density at radius 2 is 1.00 bits per heavy atom. The second-order valence-electron chi connectivity index (χ2n) is 15.5. The van der Waals surface area contributed by atoms with Crippen molar-refractivity contribution in [2.75, 3.05) is 4.90 Å². The SMILES string of the molecule is Cc1ccc(-n2c3ccc(N4c5ccccc5C(C)(C)c5ccccc54)cc3c3cc4c(cc32)-c2ccc(-c3ccccc3)cc2C4(C)C)cc1. The van der Waals surface area contributed by atoms with E-state index < -0.39 is 0 Å². The predicted octanol–water partition coefficient (Wildman–Crippen LogP) is 13.2. The molecular weight excluding hydrogens is 617 g/mol. The Morgan fingerprint density at radius 1 is 0.412 bits per heavy atom. The van der Waals surface area contributed by atoms with Crippen LogP contribution in [0, 0.1) is 6.92 Å². The molecule has 0 spiro atoms. The van der Waals surface area contributed by atoms with Crippen LogP contribution in [0.4, 0.5) is 17.1 Å². The number of rotatable bonds is 3. The second kappa shape index (κ2) is 10.6. The van der Waals surface area contributed by atoms with Gasteiger partial charge in [0.15, 0.2) is 0 Å². The van der Waals surface area contributed by atoms with Gasteiger partial charge in [-0.05, 0) is 112 Å². The zero-order valence-electron chi connectivity index (χ0n) is 29.8. The molecule has 1 aliphatic heterocycles. The van der Waals surface area contributed by atoms with Crippen molar-refractivity contribution in [2.45, 2.75) is 45.4 Å². The van der Waals surface area contributed by atoms with Crippen LogP contribution in [0.25, 0.3) is 49.7 Å². The van der Waals surface area contributed by atoms with E-state index in [9.17, 15) is 0 Å². The number of hydrogen-bond acceptors (Lipinski definition) is 1. The number of para-hydroxylation sites is 2. The van der Waals surface area contributed by atoms with Crippen molar-refractivity contribution in [3.8, 4) is 27.9 Å². The third-order valence-electron chi connectivity index (χ3n) is 11.8. The molecule has 0 bridgehead atoms. The van der Waals surface area contributed by atoms with Crippen molar-refractivity contribution in [3.05, 3.63) is 179 Å². The van der Waals surface area contributed by atoms with Gasteiger partial charge in [0.05, 0.1) is 22.4 Å². The molecule has 1 aromatic heterocycles. The summed E-state index contributed by atoms with van der Waals surface area (Å²) in [6.45, 7) is 11.7. The first kappa shape index (κ1) is 30.0. The molecule has 246 valence electrons. The molecule has 0 saturated carbocycles. The lowest BCUT2D eigenvalue weighted by Gasteiger charge is -2.42. The Labute approximate surface area is 300 Å². The predicted molar refractivity (Wildman–Crippen MR) is 215 cm³/mol. The van der Waals surface area contributed by atoms with E-state index >= 15 is 0 Å². The molecule has 2 heteroatoms. The van der Waals surface area contributed by atoms with Gasteiger partial charge in [-0.2, -0.15) is 0 Å². The van der Waals surface area contributed by atoms with Crippen LogP contribution >= 0.6 is 0 Å². The summed E-state index contributed by atoms with van der Waals surface area (Å²) in [5, 5.41) is 2.55. The highest BCUT2D eigenvalue weighted by molar-refractivity contribution is 6.13. The zero-order chi connectivity index (χ0) is 34.6. The fraction of sp³-hybridized carbons (Fsp3) is 0.143. The quantitative estimate of drug-likeness (QED) is 0.184. The van der Waals surface area contributed by atoms with Crippen molar-refractivity contribution in [1.82, 2.24) is 4.57 Å². The third kappa shape index (κ3) is 4.23. The van der Waals surface area contributed by atoms with E-state index in [1.54, 1.807) is 0 Å². The Hall–Kier alpha value is -5.86. The van der Waals surface area contributed by atoms with Crippen molar-refractivity contribution in [1.29, 1.82) is 0 Å². The maximum absolute atomic E-state index is 2.50. The average molecular weight is 657 g/mol. The molecule has 2 aliphatic rings. The van der Waals surface area contributed by atoms with Gasteiger partial charge in [0.25, 0.3) is 0 Å². The van der Waals surface area contributed by atoms with Crippen molar-refractivity contribution < 1.29 is 0 Å². The van der Waals surface area contributed by atoms with E-state index in [1.165, 1.54) is 94.6 Å². The number of fused-ring (bicyclic) bond motifs is 8. The van der Waals surface area contributed by atoms with Crippen LogP contribution in [-0.2, 0) is 10.8 Å². The van der Waals surface area contributed by atoms with Gasteiger partial charge in [-0.15, -0.1) is 0 Å². The standard InChI is InChI=1S/C49H40N2/c1-31-19-22-34(23-20-31)50-44-26-24-35(51-45-17-11-9-15-40(45)48(2,3)41-16-10-12-18-46(41)51)28-38(44)39-29-43-37(30-47(39)50)36-25-21-33(27-42(36)49(43,4)5)32-13-7-6-8-14-32/h6-30H,1-5H3. The largest absolute Gasteiger partial charge is 0.310 e.